The number of anilines is 1. The van der Waals surface area contributed by atoms with E-state index in [2.05, 4.69) is 17.9 Å². The highest BCUT2D eigenvalue weighted by Crippen LogP contribution is 2.19. The maximum Gasteiger partial charge on any atom is 0.255 e. The van der Waals surface area contributed by atoms with Crippen molar-refractivity contribution < 1.29 is 9.53 Å². The molecule has 2 rings (SSSR count). The van der Waals surface area contributed by atoms with Gasteiger partial charge >= 0.3 is 0 Å². The number of hydrogen-bond acceptors (Lipinski definition) is 3. The van der Waals surface area contributed by atoms with E-state index in [0.717, 1.165) is 21.7 Å². The minimum atomic E-state index is -0.137. The number of nitrogens with one attached hydrogen (secondary N) is 1. The van der Waals surface area contributed by atoms with Gasteiger partial charge in [0, 0.05) is 28.8 Å². The fraction of sp³-hybridized carbons (Fsp3) is 0.188. The largest absolute Gasteiger partial charge is 0.380 e. The minimum Gasteiger partial charge on any atom is -0.380 e. The molecule has 3 nitrogen and oxygen atoms in total. The van der Waals surface area contributed by atoms with Gasteiger partial charge in [0.15, 0.2) is 0 Å². The van der Waals surface area contributed by atoms with E-state index in [-0.39, 0.29) is 5.91 Å². The van der Waals surface area contributed by atoms with Crippen LogP contribution in [0.3, 0.4) is 0 Å². The Labute approximate surface area is 124 Å². The molecule has 0 atom stereocenters. The Morgan fingerprint density at radius 2 is 2.00 bits per heavy atom. The molecule has 0 saturated carbocycles. The number of carbonyl (C=O) groups excluding carboxylic acids is 1. The molecule has 0 radical (unpaired) electrons. The van der Waals surface area contributed by atoms with Crippen LogP contribution in [0.4, 0.5) is 5.69 Å². The number of carbonyl (C=O) groups is 1. The fourth-order valence-electron chi connectivity index (χ4n) is 1.97. The lowest BCUT2D eigenvalue weighted by Gasteiger charge is -2.12. The Morgan fingerprint density at radius 1 is 1.25 bits per heavy atom. The number of benzene rings is 2. The van der Waals surface area contributed by atoms with Crippen LogP contribution in [0.5, 0.6) is 0 Å². The molecule has 0 aliphatic carbocycles. The lowest BCUT2D eigenvalue weighted by Crippen LogP contribution is -2.14. The van der Waals surface area contributed by atoms with E-state index in [9.17, 15) is 4.79 Å². The molecular weight excluding hydrogens is 270 g/mol. The second-order valence-corrected chi connectivity index (χ2v) is 5.06. The molecule has 2 aromatic carbocycles. The molecule has 20 heavy (non-hydrogen) atoms. The van der Waals surface area contributed by atoms with Gasteiger partial charge < -0.3 is 10.1 Å². The van der Waals surface area contributed by atoms with Crippen molar-refractivity contribution in [2.75, 3.05) is 12.4 Å². The third kappa shape index (κ3) is 3.40. The van der Waals surface area contributed by atoms with E-state index in [1.165, 1.54) is 0 Å². The maximum atomic E-state index is 12.4. The molecule has 0 bridgehead atoms. The zero-order chi connectivity index (χ0) is 14.5. The van der Waals surface area contributed by atoms with Crippen LogP contribution in [0.25, 0.3) is 0 Å². The maximum absolute atomic E-state index is 12.4. The summed E-state index contributed by atoms with van der Waals surface area (Å²) in [6.07, 6.45) is 0. The Bertz CT molecular complexity index is 626. The number of hydrogen-bond donors (Lipinski definition) is 2. The van der Waals surface area contributed by atoms with Crippen molar-refractivity contribution in [1.82, 2.24) is 0 Å². The van der Waals surface area contributed by atoms with Gasteiger partial charge in [-0.3, -0.25) is 4.79 Å². The van der Waals surface area contributed by atoms with E-state index in [4.69, 9.17) is 4.74 Å². The van der Waals surface area contributed by atoms with Crippen LogP contribution in [0.2, 0.25) is 0 Å². The quantitative estimate of drug-likeness (QED) is 0.842. The Hall–Kier alpha value is -1.78. The molecule has 104 valence electrons. The summed E-state index contributed by atoms with van der Waals surface area (Å²) >= 11 is 4.28. The Morgan fingerprint density at radius 3 is 2.75 bits per heavy atom. The minimum absolute atomic E-state index is 0.137. The summed E-state index contributed by atoms with van der Waals surface area (Å²) in [5.41, 5.74) is 3.26. The molecule has 1 N–H and O–H groups in total. The summed E-state index contributed by atoms with van der Waals surface area (Å²) < 4.78 is 5.14. The van der Waals surface area contributed by atoms with Crippen molar-refractivity contribution in [3.8, 4) is 0 Å². The van der Waals surface area contributed by atoms with E-state index in [1.807, 2.05) is 43.3 Å². The first kappa shape index (κ1) is 14.6. The van der Waals surface area contributed by atoms with E-state index < -0.39 is 0 Å². The first-order valence-electron chi connectivity index (χ1n) is 6.29. The van der Waals surface area contributed by atoms with Crippen LogP contribution in [0, 0.1) is 6.92 Å². The summed E-state index contributed by atoms with van der Waals surface area (Å²) in [5, 5.41) is 2.93. The second-order valence-electron chi connectivity index (χ2n) is 4.54. The normalized spacial score (nSPS) is 10.3. The summed E-state index contributed by atoms with van der Waals surface area (Å²) in [5.74, 6) is -0.137. The first-order chi connectivity index (χ1) is 9.61. The van der Waals surface area contributed by atoms with Crippen molar-refractivity contribution >= 4 is 24.2 Å². The van der Waals surface area contributed by atoms with Gasteiger partial charge in [-0.1, -0.05) is 24.3 Å². The van der Waals surface area contributed by atoms with Gasteiger partial charge in [0.1, 0.15) is 0 Å². The average Bonchev–Trinajstić information content (AvgIpc) is 2.44. The fourth-order valence-corrected chi connectivity index (χ4v) is 2.17. The molecule has 1 amide bonds. The highest BCUT2D eigenvalue weighted by molar-refractivity contribution is 7.80. The Balaban J connectivity index is 2.26. The van der Waals surface area contributed by atoms with Crippen LogP contribution in [-0.4, -0.2) is 13.0 Å². The van der Waals surface area contributed by atoms with Gasteiger partial charge in [-0.15, -0.1) is 12.6 Å². The zero-order valence-corrected chi connectivity index (χ0v) is 12.4. The van der Waals surface area contributed by atoms with Gasteiger partial charge in [0.2, 0.25) is 0 Å². The molecule has 0 saturated heterocycles. The summed E-state index contributed by atoms with van der Waals surface area (Å²) in [4.78, 5) is 13.1. The average molecular weight is 287 g/mol. The van der Waals surface area contributed by atoms with Crippen LogP contribution >= 0.6 is 12.6 Å². The monoisotopic (exact) mass is 287 g/mol. The van der Waals surface area contributed by atoms with Crippen LogP contribution in [-0.2, 0) is 11.3 Å². The number of aryl methyl sites for hydroxylation is 1. The van der Waals surface area contributed by atoms with Crippen molar-refractivity contribution in [3.05, 3.63) is 59.2 Å². The summed E-state index contributed by atoms with van der Waals surface area (Å²) in [6, 6.07) is 13.1. The van der Waals surface area contributed by atoms with Gasteiger partial charge in [0.25, 0.3) is 5.91 Å². The molecule has 0 aromatic heterocycles. The van der Waals surface area contributed by atoms with Gasteiger partial charge in [-0.25, -0.2) is 0 Å². The second kappa shape index (κ2) is 6.59. The Kier molecular flexibility index (Phi) is 4.82. The molecule has 0 aliphatic heterocycles. The third-order valence-corrected chi connectivity index (χ3v) is 3.31. The van der Waals surface area contributed by atoms with Crippen molar-refractivity contribution in [2.24, 2.45) is 0 Å². The van der Waals surface area contributed by atoms with E-state index in [0.29, 0.717) is 12.2 Å². The first-order valence-corrected chi connectivity index (χ1v) is 6.74. The number of ether oxygens (including phenoxy) is 1. The predicted molar refractivity (Wildman–Crippen MR) is 83.5 cm³/mol. The molecule has 0 fully saturated rings. The smallest absolute Gasteiger partial charge is 0.255 e. The van der Waals surface area contributed by atoms with E-state index in [1.54, 1.807) is 13.2 Å². The van der Waals surface area contributed by atoms with Crippen molar-refractivity contribution in [2.45, 2.75) is 18.4 Å². The molecule has 0 heterocycles. The summed E-state index contributed by atoms with van der Waals surface area (Å²) in [7, 11) is 1.63. The van der Waals surface area contributed by atoms with Crippen LogP contribution < -0.4 is 5.32 Å². The molecular formula is C16H17NO2S. The zero-order valence-electron chi connectivity index (χ0n) is 11.5. The molecule has 4 heteroatoms. The highest BCUT2D eigenvalue weighted by atomic mass is 32.1. The van der Waals surface area contributed by atoms with Crippen molar-refractivity contribution in [1.29, 1.82) is 0 Å². The SMILES string of the molecule is COCc1ccccc1NC(=O)c1cc(S)ccc1C. The molecule has 2 aromatic rings. The predicted octanol–water partition coefficient (Wildman–Crippen LogP) is 3.68. The van der Waals surface area contributed by atoms with Crippen LogP contribution in [0.1, 0.15) is 21.5 Å². The topological polar surface area (TPSA) is 38.3 Å². The summed E-state index contributed by atoms with van der Waals surface area (Å²) in [6.45, 7) is 2.37. The van der Waals surface area contributed by atoms with Crippen molar-refractivity contribution in [3.63, 3.8) is 0 Å². The van der Waals surface area contributed by atoms with E-state index >= 15 is 0 Å². The standard InChI is InChI=1S/C16H17NO2S/c1-11-7-8-13(20)9-14(11)16(18)17-15-6-4-3-5-12(15)10-19-2/h3-9,20H,10H2,1-2H3,(H,17,18). The molecule has 0 spiro atoms. The lowest BCUT2D eigenvalue weighted by atomic mass is 10.1. The number of amides is 1. The lowest BCUT2D eigenvalue weighted by molar-refractivity contribution is 0.102. The van der Waals surface area contributed by atoms with Crippen LogP contribution in [0.15, 0.2) is 47.4 Å². The number of thiol groups is 1. The number of rotatable bonds is 4. The van der Waals surface area contributed by atoms with Gasteiger partial charge in [-0.2, -0.15) is 0 Å². The highest BCUT2D eigenvalue weighted by Gasteiger charge is 2.11. The van der Waals surface area contributed by atoms with Gasteiger partial charge in [0.05, 0.1) is 6.61 Å². The molecule has 0 unspecified atom stereocenters. The third-order valence-electron chi connectivity index (χ3n) is 3.03. The number of methoxy groups -OCH3 is 1. The molecule has 0 aliphatic rings. The number of para-hydroxylation sites is 1. The van der Waals surface area contributed by atoms with Gasteiger partial charge in [-0.05, 0) is 30.7 Å².